The van der Waals surface area contributed by atoms with Crippen LogP contribution in [0.4, 0.5) is 0 Å². The Morgan fingerprint density at radius 1 is 1.25 bits per heavy atom. The standard InChI is InChI=1S/C13H18O3/c1-3-8-14-11-6-4-5-7-12(11)15-9-13(2)10-16-13/h4-7H,3,8-10H2,1-2H3. The third kappa shape index (κ3) is 2.89. The SMILES string of the molecule is CCCOc1ccccc1OCC1(C)CO1. The number of benzene rings is 1. The summed E-state index contributed by atoms with van der Waals surface area (Å²) in [4.78, 5) is 0. The highest BCUT2D eigenvalue weighted by atomic mass is 16.6. The van der Waals surface area contributed by atoms with E-state index >= 15 is 0 Å². The van der Waals surface area contributed by atoms with Crippen molar-refractivity contribution in [3.05, 3.63) is 24.3 Å². The molecule has 1 atom stereocenters. The lowest BCUT2D eigenvalue weighted by molar-refractivity contribution is 0.193. The molecule has 88 valence electrons. The van der Waals surface area contributed by atoms with E-state index in [2.05, 4.69) is 6.92 Å². The Morgan fingerprint density at radius 2 is 1.88 bits per heavy atom. The molecule has 0 amide bonds. The first-order valence-electron chi connectivity index (χ1n) is 5.72. The quantitative estimate of drug-likeness (QED) is 0.693. The van der Waals surface area contributed by atoms with E-state index in [0.717, 1.165) is 24.5 Å². The average Bonchev–Trinajstić information content (AvgIpc) is 3.04. The summed E-state index contributed by atoms with van der Waals surface area (Å²) in [6.07, 6.45) is 0.995. The van der Waals surface area contributed by atoms with Crippen molar-refractivity contribution in [3.63, 3.8) is 0 Å². The third-order valence-electron chi connectivity index (χ3n) is 2.48. The lowest BCUT2D eigenvalue weighted by Crippen LogP contribution is -2.17. The molecule has 1 saturated heterocycles. The van der Waals surface area contributed by atoms with E-state index < -0.39 is 0 Å². The number of ether oxygens (including phenoxy) is 3. The number of epoxide rings is 1. The van der Waals surface area contributed by atoms with Crippen molar-refractivity contribution in [2.45, 2.75) is 25.9 Å². The fourth-order valence-electron chi connectivity index (χ4n) is 1.34. The van der Waals surface area contributed by atoms with Crippen LogP contribution >= 0.6 is 0 Å². The second kappa shape index (κ2) is 4.74. The van der Waals surface area contributed by atoms with Crippen molar-refractivity contribution in [1.82, 2.24) is 0 Å². The number of hydrogen-bond donors (Lipinski definition) is 0. The van der Waals surface area contributed by atoms with Crippen molar-refractivity contribution in [2.75, 3.05) is 19.8 Å². The number of para-hydroxylation sites is 2. The molecule has 0 aromatic heterocycles. The molecule has 0 saturated carbocycles. The van der Waals surface area contributed by atoms with E-state index in [0.29, 0.717) is 13.2 Å². The van der Waals surface area contributed by atoms with Crippen LogP contribution in [0.3, 0.4) is 0 Å². The molecule has 0 spiro atoms. The summed E-state index contributed by atoms with van der Waals surface area (Å²) >= 11 is 0. The van der Waals surface area contributed by atoms with Gasteiger partial charge in [0.2, 0.25) is 0 Å². The van der Waals surface area contributed by atoms with Crippen LogP contribution in [-0.4, -0.2) is 25.4 Å². The van der Waals surface area contributed by atoms with Gasteiger partial charge in [-0.15, -0.1) is 0 Å². The van der Waals surface area contributed by atoms with Crippen LogP contribution in [0.15, 0.2) is 24.3 Å². The molecule has 3 nitrogen and oxygen atoms in total. The molecule has 3 heteroatoms. The minimum atomic E-state index is -0.0854. The maximum absolute atomic E-state index is 5.71. The van der Waals surface area contributed by atoms with Gasteiger partial charge in [-0.2, -0.15) is 0 Å². The van der Waals surface area contributed by atoms with Gasteiger partial charge in [-0.05, 0) is 25.5 Å². The van der Waals surface area contributed by atoms with Crippen molar-refractivity contribution in [2.24, 2.45) is 0 Å². The lowest BCUT2D eigenvalue weighted by atomic mass is 10.2. The zero-order chi connectivity index (χ0) is 11.4. The van der Waals surface area contributed by atoms with Gasteiger partial charge in [0.05, 0.1) is 13.2 Å². The van der Waals surface area contributed by atoms with Gasteiger partial charge in [0.25, 0.3) is 0 Å². The predicted octanol–water partition coefficient (Wildman–Crippen LogP) is 2.64. The maximum atomic E-state index is 5.71. The Labute approximate surface area is 96.3 Å². The molecule has 2 rings (SSSR count). The Balaban J connectivity index is 1.95. The molecule has 0 bridgehead atoms. The molecule has 1 unspecified atom stereocenters. The van der Waals surface area contributed by atoms with E-state index in [1.54, 1.807) is 0 Å². The number of hydrogen-bond acceptors (Lipinski definition) is 3. The van der Waals surface area contributed by atoms with Crippen molar-refractivity contribution >= 4 is 0 Å². The Bertz CT molecular complexity index is 345. The predicted molar refractivity (Wildman–Crippen MR) is 62.1 cm³/mol. The summed E-state index contributed by atoms with van der Waals surface area (Å²) < 4.78 is 16.6. The van der Waals surface area contributed by atoms with Gasteiger partial charge in [-0.1, -0.05) is 19.1 Å². The zero-order valence-corrected chi connectivity index (χ0v) is 9.86. The second-order valence-electron chi connectivity index (χ2n) is 4.32. The molecule has 1 fully saturated rings. The van der Waals surface area contributed by atoms with Crippen LogP contribution in [0.5, 0.6) is 11.5 Å². The van der Waals surface area contributed by atoms with Gasteiger partial charge >= 0.3 is 0 Å². The van der Waals surface area contributed by atoms with E-state index in [4.69, 9.17) is 14.2 Å². The Hall–Kier alpha value is -1.22. The van der Waals surface area contributed by atoms with E-state index in [1.807, 2.05) is 31.2 Å². The van der Waals surface area contributed by atoms with Crippen LogP contribution in [0.2, 0.25) is 0 Å². The fourth-order valence-corrected chi connectivity index (χ4v) is 1.34. The summed E-state index contributed by atoms with van der Waals surface area (Å²) in [6.45, 7) is 6.21. The maximum Gasteiger partial charge on any atom is 0.161 e. The minimum absolute atomic E-state index is 0.0854. The Kier molecular flexibility index (Phi) is 3.34. The first kappa shape index (κ1) is 11.3. The van der Waals surface area contributed by atoms with Crippen molar-refractivity contribution < 1.29 is 14.2 Å². The normalized spacial score (nSPS) is 22.9. The molecule has 1 aliphatic rings. The highest BCUT2D eigenvalue weighted by Gasteiger charge is 2.40. The topological polar surface area (TPSA) is 31.0 Å². The van der Waals surface area contributed by atoms with Crippen LogP contribution in [0, 0.1) is 0 Å². The van der Waals surface area contributed by atoms with E-state index in [1.165, 1.54) is 0 Å². The van der Waals surface area contributed by atoms with Crippen molar-refractivity contribution in [1.29, 1.82) is 0 Å². The Morgan fingerprint density at radius 3 is 2.44 bits per heavy atom. The minimum Gasteiger partial charge on any atom is -0.490 e. The highest BCUT2D eigenvalue weighted by molar-refractivity contribution is 5.39. The van der Waals surface area contributed by atoms with Crippen molar-refractivity contribution in [3.8, 4) is 11.5 Å². The summed E-state index contributed by atoms with van der Waals surface area (Å²) in [6, 6.07) is 7.76. The fraction of sp³-hybridized carbons (Fsp3) is 0.538. The van der Waals surface area contributed by atoms with Crippen LogP contribution < -0.4 is 9.47 Å². The summed E-state index contributed by atoms with van der Waals surface area (Å²) in [5, 5.41) is 0. The molecule has 0 N–H and O–H groups in total. The van der Waals surface area contributed by atoms with Gasteiger partial charge in [0, 0.05) is 0 Å². The summed E-state index contributed by atoms with van der Waals surface area (Å²) in [7, 11) is 0. The van der Waals surface area contributed by atoms with Gasteiger partial charge in [0.1, 0.15) is 12.2 Å². The van der Waals surface area contributed by atoms with E-state index in [-0.39, 0.29) is 5.60 Å². The van der Waals surface area contributed by atoms with Gasteiger partial charge < -0.3 is 14.2 Å². The molecular weight excluding hydrogens is 204 g/mol. The molecule has 0 radical (unpaired) electrons. The van der Waals surface area contributed by atoms with Gasteiger partial charge in [0.15, 0.2) is 11.5 Å². The molecule has 1 aliphatic heterocycles. The molecule has 1 aromatic rings. The first-order chi connectivity index (χ1) is 7.73. The van der Waals surface area contributed by atoms with Crippen LogP contribution in [0.25, 0.3) is 0 Å². The second-order valence-corrected chi connectivity index (χ2v) is 4.32. The van der Waals surface area contributed by atoms with E-state index in [9.17, 15) is 0 Å². The largest absolute Gasteiger partial charge is 0.490 e. The smallest absolute Gasteiger partial charge is 0.161 e. The zero-order valence-electron chi connectivity index (χ0n) is 9.86. The monoisotopic (exact) mass is 222 g/mol. The lowest BCUT2D eigenvalue weighted by Gasteiger charge is -2.13. The summed E-state index contributed by atoms with van der Waals surface area (Å²) in [5.74, 6) is 1.61. The van der Waals surface area contributed by atoms with Gasteiger partial charge in [-0.25, -0.2) is 0 Å². The molecule has 1 aromatic carbocycles. The average molecular weight is 222 g/mol. The number of rotatable bonds is 6. The molecule has 16 heavy (non-hydrogen) atoms. The molecular formula is C13H18O3. The molecule has 1 heterocycles. The van der Waals surface area contributed by atoms with Gasteiger partial charge in [-0.3, -0.25) is 0 Å². The third-order valence-corrected chi connectivity index (χ3v) is 2.48. The first-order valence-corrected chi connectivity index (χ1v) is 5.72. The summed E-state index contributed by atoms with van der Waals surface area (Å²) in [5.41, 5.74) is -0.0854. The van der Waals surface area contributed by atoms with Crippen LogP contribution in [-0.2, 0) is 4.74 Å². The van der Waals surface area contributed by atoms with Crippen LogP contribution in [0.1, 0.15) is 20.3 Å². The highest BCUT2D eigenvalue weighted by Crippen LogP contribution is 2.31. The molecule has 0 aliphatic carbocycles.